The number of piperidine rings is 1. The molecule has 1 aromatic heterocycles. The van der Waals surface area contributed by atoms with Crippen molar-refractivity contribution in [1.82, 2.24) is 9.80 Å². The van der Waals surface area contributed by atoms with Gasteiger partial charge in [0.15, 0.2) is 17.1 Å². The first kappa shape index (κ1) is 25.2. The van der Waals surface area contributed by atoms with E-state index in [1.165, 1.54) is 19.2 Å². The van der Waals surface area contributed by atoms with Gasteiger partial charge in [0.05, 0.1) is 24.7 Å². The third kappa shape index (κ3) is 4.55. The number of nitro groups is 1. The van der Waals surface area contributed by atoms with Gasteiger partial charge in [-0.25, -0.2) is 4.79 Å². The number of rotatable bonds is 5. The van der Waals surface area contributed by atoms with Gasteiger partial charge < -0.3 is 23.7 Å². The fourth-order valence-corrected chi connectivity index (χ4v) is 5.42. The Morgan fingerprint density at radius 2 is 1.63 bits per heavy atom. The molecule has 0 atom stereocenters. The van der Waals surface area contributed by atoms with E-state index in [0.717, 1.165) is 17.9 Å². The van der Waals surface area contributed by atoms with Crippen molar-refractivity contribution < 1.29 is 33.2 Å². The average Bonchev–Trinajstić information content (AvgIpc) is 3.56. The van der Waals surface area contributed by atoms with Gasteiger partial charge in [-0.15, -0.1) is 0 Å². The summed E-state index contributed by atoms with van der Waals surface area (Å²) in [6.45, 7) is 2.02. The van der Waals surface area contributed by atoms with Crippen LogP contribution in [0.15, 0.2) is 46.9 Å². The van der Waals surface area contributed by atoms with E-state index in [9.17, 15) is 24.5 Å². The summed E-state index contributed by atoms with van der Waals surface area (Å²) < 4.78 is 15.8. The van der Waals surface area contributed by atoms with Crippen LogP contribution in [0.3, 0.4) is 0 Å². The molecule has 0 radical (unpaired) electrons. The van der Waals surface area contributed by atoms with E-state index in [4.69, 9.17) is 9.15 Å². The zero-order valence-electron chi connectivity index (χ0n) is 21.1. The van der Waals surface area contributed by atoms with Crippen molar-refractivity contribution in [3.8, 4) is 5.75 Å². The number of likely N-dealkylation sites (tertiary alicyclic amines) is 2. The average molecular weight is 522 g/mol. The number of carbonyl (C=O) groups is 3. The molecule has 0 bridgehead atoms. The zero-order valence-corrected chi connectivity index (χ0v) is 21.1. The number of hydrogen-bond donors (Lipinski definition) is 0. The molecular weight excluding hydrogens is 494 g/mol. The zero-order chi connectivity index (χ0) is 27.0. The van der Waals surface area contributed by atoms with E-state index in [2.05, 4.69) is 4.74 Å². The van der Waals surface area contributed by atoms with Gasteiger partial charge in [0, 0.05) is 49.3 Å². The van der Waals surface area contributed by atoms with Crippen LogP contribution in [0.4, 0.5) is 5.69 Å². The lowest BCUT2D eigenvalue weighted by Gasteiger charge is -2.39. The molecule has 2 amide bonds. The van der Waals surface area contributed by atoms with Crippen LogP contribution in [0.25, 0.3) is 11.0 Å². The molecule has 11 nitrogen and oxygen atoms in total. The minimum atomic E-state index is -0.749. The van der Waals surface area contributed by atoms with Crippen LogP contribution < -0.4 is 4.74 Å². The Balaban J connectivity index is 1.26. The highest BCUT2D eigenvalue weighted by Crippen LogP contribution is 2.41. The van der Waals surface area contributed by atoms with Crippen molar-refractivity contribution in [1.29, 1.82) is 0 Å². The lowest BCUT2D eigenvalue weighted by molar-refractivity contribution is -0.384. The number of non-ortho nitro benzene ring substituents is 1. The molecule has 2 saturated heterocycles. The second-order valence-electron chi connectivity index (χ2n) is 9.78. The Bertz CT molecular complexity index is 1440. The van der Waals surface area contributed by atoms with Gasteiger partial charge in [0.25, 0.3) is 17.5 Å². The number of ether oxygens (including phenoxy) is 2. The number of carbonyl (C=O) groups excluding carboxylic acids is 3. The third-order valence-electron chi connectivity index (χ3n) is 7.57. The highest BCUT2D eigenvalue weighted by molar-refractivity contribution is 5.99. The molecule has 2 aromatic carbocycles. The normalized spacial score (nSPS) is 16.6. The smallest absolute Gasteiger partial charge is 0.338 e. The molecule has 198 valence electrons. The Morgan fingerprint density at radius 3 is 2.29 bits per heavy atom. The SMILES string of the molecule is COC(=O)c1cc(C(=O)N2CCC3(CCN(C(=O)c4cc5cccc(OC)c5o4)CC3)C2)cc([N+](=O)[O-])c1. The number of amides is 2. The number of furan rings is 1. The number of nitro benzene ring substituents is 1. The summed E-state index contributed by atoms with van der Waals surface area (Å²) in [4.78, 5) is 52.6. The maximum absolute atomic E-state index is 13.3. The van der Waals surface area contributed by atoms with Crippen LogP contribution in [0.5, 0.6) is 5.75 Å². The lowest BCUT2D eigenvalue weighted by atomic mass is 9.77. The van der Waals surface area contributed by atoms with Crippen molar-refractivity contribution in [3.63, 3.8) is 0 Å². The minimum Gasteiger partial charge on any atom is -0.493 e. The van der Waals surface area contributed by atoms with Gasteiger partial charge in [0.2, 0.25) is 0 Å². The summed E-state index contributed by atoms with van der Waals surface area (Å²) in [5.74, 6) is -0.477. The fraction of sp³-hybridized carbons (Fsp3) is 0.370. The second kappa shape index (κ2) is 9.81. The van der Waals surface area contributed by atoms with Crippen molar-refractivity contribution in [2.45, 2.75) is 19.3 Å². The van der Waals surface area contributed by atoms with Gasteiger partial charge in [0.1, 0.15) is 0 Å². The molecule has 11 heteroatoms. The van der Waals surface area contributed by atoms with E-state index in [0.29, 0.717) is 50.4 Å². The first-order chi connectivity index (χ1) is 18.2. The molecule has 0 saturated carbocycles. The summed E-state index contributed by atoms with van der Waals surface area (Å²) in [5.41, 5.74) is 0.0714. The molecule has 38 heavy (non-hydrogen) atoms. The van der Waals surface area contributed by atoms with Gasteiger partial charge in [-0.1, -0.05) is 12.1 Å². The molecule has 2 fully saturated rings. The number of para-hydroxylation sites is 1. The number of esters is 1. The molecule has 2 aliphatic rings. The van der Waals surface area contributed by atoms with Crippen LogP contribution in [-0.4, -0.2) is 72.9 Å². The Labute approximate surface area is 218 Å². The van der Waals surface area contributed by atoms with Gasteiger partial charge >= 0.3 is 5.97 Å². The predicted molar refractivity (Wildman–Crippen MR) is 135 cm³/mol. The third-order valence-corrected chi connectivity index (χ3v) is 7.57. The molecule has 0 N–H and O–H groups in total. The number of fused-ring (bicyclic) bond motifs is 1. The van der Waals surface area contributed by atoms with Crippen molar-refractivity contribution in [3.05, 3.63) is 69.5 Å². The molecule has 0 unspecified atom stereocenters. The molecule has 3 heterocycles. The van der Waals surface area contributed by atoms with Gasteiger partial charge in [-0.05, 0) is 42.9 Å². The molecule has 5 rings (SSSR count). The summed E-state index contributed by atoms with van der Waals surface area (Å²) in [7, 11) is 2.73. The van der Waals surface area contributed by atoms with Crippen LogP contribution in [0.1, 0.15) is 50.5 Å². The molecule has 0 aliphatic carbocycles. The maximum Gasteiger partial charge on any atom is 0.338 e. The quantitative estimate of drug-likeness (QED) is 0.280. The maximum atomic E-state index is 13.3. The first-order valence-corrected chi connectivity index (χ1v) is 12.3. The Kier molecular flexibility index (Phi) is 6.52. The van der Waals surface area contributed by atoms with Crippen LogP contribution >= 0.6 is 0 Å². The molecule has 2 aliphatic heterocycles. The molecule has 3 aromatic rings. The second-order valence-corrected chi connectivity index (χ2v) is 9.78. The Hall–Kier alpha value is -4.41. The summed E-state index contributed by atoms with van der Waals surface area (Å²) in [6.07, 6.45) is 2.20. The van der Waals surface area contributed by atoms with E-state index in [1.807, 2.05) is 12.1 Å². The lowest BCUT2D eigenvalue weighted by Crippen LogP contribution is -2.44. The monoisotopic (exact) mass is 521 g/mol. The van der Waals surface area contributed by atoms with Crippen molar-refractivity contribution in [2.24, 2.45) is 5.41 Å². The van der Waals surface area contributed by atoms with Crippen LogP contribution in [-0.2, 0) is 4.74 Å². The summed E-state index contributed by atoms with van der Waals surface area (Å²) in [5, 5.41) is 12.2. The van der Waals surface area contributed by atoms with Crippen molar-refractivity contribution >= 4 is 34.4 Å². The number of hydrogen-bond acceptors (Lipinski definition) is 8. The van der Waals surface area contributed by atoms with Gasteiger partial charge in [-0.3, -0.25) is 19.7 Å². The van der Waals surface area contributed by atoms with E-state index in [-0.39, 0.29) is 39.8 Å². The van der Waals surface area contributed by atoms with E-state index in [1.54, 1.807) is 29.0 Å². The highest BCUT2D eigenvalue weighted by Gasteiger charge is 2.43. The largest absolute Gasteiger partial charge is 0.493 e. The van der Waals surface area contributed by atoms with Crippen LogP contribution in [0, 0.1) is 15.5 Å². The summed E-state index contributed by atoms with van der Waals surface area (Å²) in [6, 6.07) is 10.8. The highest BCUT2D eigenvalue weighted by atomic mass is 16.6. The van der Waals surface area contributed by atoms with E-state index < -0.39 is 10.9 Å². The number of methoxy groups -OCH3 is 2. The molecular formula is C27H27N3O8. The molecule has 1 spiro atoms. The van der Waals surface area contributed by atoms with Crippen LogP contribution in [0.2, 0.25) is 0 Å². The van der Waals surface area contributed by atoms with Gasteiger partial charge in [-0.2, -0.15) is 0 Å². The number of nitrogens with zero attached hydrogens (tertiary/aromatic N) is 3. The number of benzene rings is 2. The van der Waals surface area contributed by atoms with Crippen molar-refractivity contribution in [2.75, 3.05) is 40.4 Å². The predicted octanol–water partition coefficient (Wildman–Crippen LogP) is 3.90. The topological polar surface area (TPSA) is 132 Å². The summed E-state index contributed by atoms with van der Waals surface area (Å²) >= 11 is 0. The Morgan fingerprint density at radius 1 is 0.947 bits per heavy atom. The minimum absolute atomic E-state index is 0.0472. The fourth-order valence-electron chi connectivity index (χ4n) is 5.42. The standard InChI is InChI=1S/C27H27N3O8/c1-36-21-5-3-4-17-15-22(38-23(17)21)25(32)28-9-6-27(7-10-28)8-11-29(16-27)24(31)18-12-19(26(33)37-2)14-20(13-18)30(34)35/h3-5,12-15H,6-11,16H2,1-2H3. The van der Waals surface area contributed by atoms with E-state index >= 15 is 0 Å². The first-order valence-electron chi connectivity index (χ1n) is 12.3.